The number of aromatic amines is 1. The highest BCUT2D eigenvalue weighted by Crippen LogP contribution is 2.32. The zero-order valence-electron chi connectivity index (χ0n) is 10.2. The van der Waals surface area contributed by atoms with Gasteiger partial charge in [0.2, 0.25) is 0 Å². The van der Waals surface area contributed by atoms with E-state index in [1.54, 1.807) is 26.4 Å². The predicted octanol–water partition coefficient (Wildman–Crippen LogP) is 2.15. The molecule has 5 nitrogen and oxygen atoms in total. The summed E-state index contributed by atoms with van der Waals surface area (Å²) < 4.78 is 10.4. The molecule has 0 fully saturated rings. The van der Waals surface area contributed by atoms with Gasteiger partial charge in [0.25, 0.3) is 0 Å². The standard InChI is InChI=1S/C13H13N3O2/c1-17-11-4-3-8(6-12(11)18-2)10-5-9(7-14)13(15)16-10/h3-6,16H,15H2,1-2H3. The van der Waals surface area contributed by atoms with Gasteiger partial charge < -0.3 is 20.2 Å². The van der Waals surface area contributed by atoms with Crippen molar-refractivity contribution in [2.75, 3.05) is 20.0 Å². The molecule has 0 aliphatic heterocycles. The molecular formula is C13H13N3O2. The molecule has 2 aromatic rings. The summed E-state index contributed by atoms with van der Waals surface area (Å²) in [6.45, 7) is 0. The van der Waals surface area contributed by atoms with Crippen LogP contribution in [0.15, 0.2) is 24.3 Å². The number of rotatable bonds is 3. The number of hydrogen-bond donors (Lipinski definition) is 2. The van der Waals surface area contributed by atoms with Gasteiger partial charge in [0.1, 0.15) is 11.9 Å². The summed E-state index contributed by atoms with van der Waals surface area (Å²) in [5.74, 6) is 1.64. The second-order valence-corrected chi connectivity index (χ2v) is 3.69. The van der Waals surface area contributed by atoms with Gasteiger partial charge >= 0.3 is 0 Å². The topological polar surface area (TPSA) is 84.1 Å². The van der Waals surface area contributed by atoms with Crippen LogP contribution in [0.25, 0.3) is 11.3 Å². The van der Waals surface area contributed by atoms with Gasteiger partial charge in [-0.15, -0.1) is 0 Å². The second-order valence-electron chi connectivity index (χ2n) is 3.69. The first kappa shape index (κ1) is 11.9. The van der Waals surface area contributed by atoms with Crippen LogP contribution in [0.2, 0.25) is 0 Å². The lowest BCUT2D eigenvalue weighted by Crippen LogP contribution is -1.91. The van der Waals surface area contributed by atoms with Gasteiger partial charge in [-0.05, 0) is 24.3 Å². The number of benzene rings is 1. The Morgan fingerprint density at radius 3 is 2.44 bits per heavy atom. The van der Waals surface area contributed by atoms with Crippen LogP contribution in [0.1, 0.15) is 5.56 Å². The number of H-pyrrole nitrogens is 1. The van der Waals surface area contributed by atoms with E-state index >= 15 is 0 Å². The summed E-state index contributed by atoms with van der Waals surface area (Å²) in [6.07, 6.45) is 0. The largest absolute Gasteiger partial charge is 0.493 e. The van der Waals surface area contributed by atoms with Crippen molar-refractivity contribution in [1.82, 2.24) is 4.98 Å². The van der Waals surface area contributed by atoms with E-state index in [0.29, 0.717) is 22.9 Å². The average molecular weight is 243 g/mol. The molecule has 0 radical (unpaired) electrons. The van der Waals surface area contributed by atoms with E-state index in [0.717, 1.165) is 11.3 Å². The van der Waals surface area contributed by atoms with Crippen molar-refractivity contribution in [3.63, 3.8) is 0 Å². The van der Waals surface area contributed by atoms with Crippen LogP contribution in [-0.2, 0) is 0 Å². The van der Waals surface area contributed by atoms with Crippen molar-refractivity contribution in [1.29, 1.82) is 5.26 Å². The van der Waals surface area contributed by atoms with Crippen molar-refractivity contribution in [3.8, 4) is 28.8 Å². The first-order chi connectivity index (χ1) is 8.69. The molecular weight excluding hydrogens is 230 g/mol. The minimum absolute atomic E-state index is 0.363. The van der Waals surface area contributed by atoms with E-state index in [4.69, 9.17) is 20.5 Å². The van der Waals surface area contributed by atoms with Gasteiger partial charge in [0.15, 0.2) is 11.5 Å². The van der Waals surface area contributed by atoms with Crippen molar-refractivity contribution in [2.45, 2.75) is 0 Å². The molecule has 92 valence electrons. The quantitative estimate of drug-likeness (QED) is 0.865. The number of nitrogens with zero attached hydrogens (tertiary/aromatic N) is 1. The Hall–Kier alpha value is -2.61. The summed E-state index contributed by atoms with van der Waals surface area (Å²) in [7, 11) is 3.16. The van der Waals surface area contributed by atoms with E-state index < -0.39 is 0 Å². The summed E-state index contributed by atoms with van der Waals surface area (Å²) >= 11 is 0. The monoisotopic (exact) mass is 243 g/mol. The molecule has 3 N–H and O–H groups in total. The molecule has 0 aliphatic carbocycles. The highest BCUT2D eigenvalue weighted by molar-refractivity contribution is 5.69. The number of nitrogens with two attached hydrogens (primary N) is 1. The van der Waals surface area contributed by atoms with Crippen LogP contribution in [0, 0.1) is 11.3 Å². The number of nitrogen functional groups attached to an aromatic ring is 1. The van der Waals surface area contributed by atoms with E-state index in [1.165, 1.54) is 0 Å². The normalized spacial score (nSPS) is 9.83. The van der Waals surface area contributed by atoms with E-state index in [2.05, 4.69) is 4.98 Å². The fraction of sp³-hybridized carbons (Fsp3) is 0.154. The lowest BCUT2D eigenvalue weighted by Gasteiger charge is -2.08. The first-order valence-electron chi connectivity index (χ1n) is 5.30. The molecule has 0 aliphatic rings. The van der Waals surface area contributed by atoms with Crippen molar-refractivity contribution in [2.24, 2.45) is 0 Å². The maximum Gasteiger partial charge on any atom is 0.161 e. The Bertz CT molecular complexity index is 611. The van der Waals surface area contributed by atoms with Gasteiger partial charge in [-0.25, -0.2) is 0 Å². The Balaban J connectivity index is 2.48. The zero-order valence-corrected chi connectivity index (χ0v) is 10.2. The number of methoxy groups -OCH3 is 2. The molecule has 18 heavy (non-hydrogen) atoms. The minimum Gasteiger partial charge on any atom is -0.493 e. The molecule has 0 saturated heterocycles. The third-order valence-corrected chi connectivity index (χ3v) is 2.66. The Kier molecular flexibility index (Phi) is 3.11. The minimum atomic E-state index is 0.363. The highest BCUT2D eigenvalue weighted by atomic mass is 16.5. The zero-order chi connectivity index (χ0) is 13.1. The van der Waals surface area contributed by atoms with Crippen LogP contribution >= 0.6 is 0 Å². The third kappa shape index (κ3) is 1.96. The Labute approximate surface area is 105 Å². The van der Waals surface area contributed by atoms with Gasteiger partial charge in [-0.3, -0.25) is 0 Å². The van der Waals surface area contributed by atoms with Crippen LogP contribution in [0.5, 0.6) is 11.5 Å². The second kappa shape index (κ2) is 4.72. The van der Waals surface area contributed by atoms with Crippen LogP contribution in [0.4, 0.5) is 5.82 Å². The SMILES string of the molecule is COc1ccc(-c2cc(C#N)c(N)[nH]2)cc1OC. The molecule has 0 atom stereocenters. The van der Waals surface area contributed by atoms with E-state index in [1.807, 2.05) is 18.2 Å². The molecule has 2 rings (SSSR count). The molecule has 0 amide bonds. The number of nitriles is 1. The predicted molar refractivity (Wildman–Crippen MR) is 68.5 cm³/mol. The lowest BCUT2D eigenvalue weighted by atomic mass is 10.1. The van der Waals surface area contributed by atoms with E-state index in [9.17, 15) is 0 Å². The van der Waals surface area contributed by atoms with Gasteiger partial charge in [0.05, 0.1) is 19.8 Å². The molecule has 0 bridgehead atoms. The van der Waals surface area contributed by atoms with Crippen LogP contribution in [-0.4, -0.2) is 19.2 Å². The lowest BCUT2D eigenvalue weighted by molar-refractivity contribution is 0.355. The van der Waals surface area contributed by atoms with Crippen molar-refractivity contribution in [3.05, 3.63) is 29.8 Å². The number of aromatic nitrogens is 1. The maximum atomic E-state index is 8.87. The molecule has 0 spiro atoms. The highest BCUT2D eigenvalue weighted by Gasteiger charge is 2.10. The fourth-order valence-corrected chi connectivity index (χ4v) is 1.72. The summed E-state index contributed by atoms with van der Waals surface area (Å²) in [5, 5.41) is 8.87. The molecule has 1 aromatic carbocycles. The van der Waals surface area contributed by atoms with Crippen molar-refractivity contribution < 1.29 is 9.47 Å². The van der Waals surface area contributed by atoms with Gasteiger partial charge in [0, 0.05) is 11.3 Å². The van der Waals surface area contributed by atoms with Crippen molar-refractivity contribution >= 4 is 5.82 Å². The molecule has 1 aromatic heterocycles. The fourth-order valence-electron chi connectivity index (χ4n) is 1.72. The van der Waals surface area contributed by atoms with Gasteiger partial charge in [-0.2, -0.15) is 5.26 Å². The molecule has 0 unspecified atom stereocenters. The average Bonchev–Trinajstić information content (AvgIpc) is 2.79. The van der Waals surface area contributed by atoms with Crippen LogP contribution in [0.3, 0.4) is 0 Å². The summed E-state index contributed by atoms with van der Waals surface area (Å²) in [4.78, 5) is 2.96. The number of ether oxygens (including phenoxy) is 2. The third-order valence-electron chi connectivity index (χ3n) is 2.66. The summed E-state index contributed by atoms with van der Waals surface area (Å²) in [5.41, 5.74) is 7.76. The Morgan fingerprint density at radius 1 is 1.17 bits per heavy atom. The number of nitrogens with one attached hydrogen (secondary N) is 1. The smallest absolute Gasteiger partial charge is 0.161 e. The molecule has 5 heteroatoms. The first-order valence-corrected chi connectivity index (χ1v) is 5.30. The van der Waals surface area contributed by atoms with Gasteiger partial charge in [-0.1, -0.05) is 0 Å². The van der Waals surface area contributed by atoms with E-state index in [-0.39, 0.29) is 0 Å². The van der Waals surface area contributed by atoms with Crippen LogP contribution < -0.4 is 15.2 Å². The summed E-state index contributed by atoms with van der Waals surface area (Å²) in [6, 6.07) is 9.23. The maximum absolute atomic E-state index is 8.87. The molecule has 1 heterocycles. The number of anilines is 1. The Morgan fingerprint density at radius 2 is 1.89 bits per heavy atom. The number of hydrogen-bond acceptors (Lipinski definition) is 4. The molecule has 0 saturated carbocycles.